The summed E-state index contributed by atoms with van der Waals surface area (Å²) in [5.74, 6) is -1.15. The Labute approximate surface area is 206 Å². The van der Waals surface area contributed by atoms with Crippen molar-refractivity contribution in [2.45, 2.75) is 37.6 Å². The van der Waals surface area contributed by atoms with Crippen LogP contribution < -0.4 is 9.80 Å². The molecule has 9 nitrogen and oxygen atoms in total. The molecule has 10 heteroatoms. The largest absolute Gasteiger partial charge is 0.478 e. The van der Waals surface area contributed by atoms with Gasteiger partial charge in [-0.3, -0.25) is 4.79 Å². The summed E-state index contributed by atoms with van der Waals surface area (Å²) in [7, 11) is -0.0823. The van der Waals surface area contributed by atoms with Crippen molar-refractivity contribution in [3.63, 3.8) is 0 Å². The van der Waals surface area contributed by atoms with E-state index in [2.05, 4.69) is 0 Å². The van der Waals surface area contributed by atoms with E-state index in [0.717, 1.165) is 12.0 Å². The maximum atomic E-state index is 13.4. The number of anilines is 2. The first kappa shape index (κ1) is 26.7. The Kier molecular flexibility index (Phi) is 8.87. The van der Waals surface area contributed by atoms with Gasteiger partial charge in [-0.2, -0.15) is 4.31 Å². The van der Waals surface area contributed by atoms with E-state index >= 15 is 0 Å². The summed E-state index contributed by atoms with van der Waals surface area (Å²) in [5.41, 5.74) is 2.10. The quantitative estimate of drug-likeness (QED) is 0.531. The zero-order valence-electron chi connectivity index (χ0n) is 20.4. The molecule has 1 heterocycles. The number of benzene rings is 2. The summed E-state index contributed by atoms with van der Waals surface area (Å²) < 4.78 is 33.4. The molecule has 1 aliphatic rings. The number of hydrogen-bond acceptors (Lipinski definition) is 6. The van der Waals surface area contributed by atoms with E-state index in [1.807, 2.05) is 25.9 Å². The molecule has 2 aromatic carbocycles. The lowest BCUT2D eigenvalue weighted by atomic mass is 10.1. The van der Waals surface area contributed by atoms with Gasteiger partial charge < -0.3 is 19.6 Å². The summed E-state index contributed by atoms with van der Waals surface area (Å²) in [6.45, 7) is 3.43. The van der Waals surface area contributed by atoms with Crippen LogP contribution in [0, 0.1) is 0 Å². The zero-order chi connectivity index (χ0) is 25.6. The lowest BCUT2D eigenvalue weighted by Gasteiger charge is -2.30. The number of carboxylic acids is 1. The van der Waals surface area contributed by atoms with Crippen LogP contribution in [0.25, 0.3) is 0 Å². The highest BCUT2D eigenvalue weighted by Gasteiger charge is 2.29. The van der Waals surface area contributed by atoms with Gasteiger partial charge in [0.2, 0.25) is 15.9 Å². The fraction of sp³-hybridized carbons (Fsp3) is 0.440. The molecule has 190 valence electrons. The average molecular weight is 504 g/mol. The second kappa shape index (κ2) is 11.7. The van der Waals surface area contributed by atoms with Crippen molar-refractivity contribution in [1.82, 2.24) is 4.31 Å². The van der Waals surface area contributed by atoms with Crippen LogP contribution in [0.15, 0.2) is 47.4 Å². The minimum atomic E-state index is -3.76. The number of ether oxygens (including phenoxy) is 1. The van der Waals surface area contributed by atoms with Crippen LogP contribution in [0.2, 0.25) is 0 Å². The van der Waals surface area contributed by atoms with E-state index in [1.54, 1.807) is 35.2 Å². The number of hydrogen-bond donors (Lipinski definition) is 1. The van der Waals surface area contributed by atoms with Crippen molar-refractivity contribution in [3.8, 4) is 0 Å². The smallest absolute Gasteiger partial charge is 0.335 e. The molecule has 1 saturated heterocycles. The van der Waals surface area contributed by atoms with Crippen molar-refractivity contribution in [2.24, 2.45) is 0 Å². The van der Waals surface area contributed by atoms with Crippen LogP contribution in [0.4, 0.5) is 11.4 Å². The first-order chi connectivity index (χ1) is 16.6. The van der Waals surface area contributed by atoms with Crippen molar-refractivity contribution < 1.29 is 27.9 Å². The van der Waals surface area contributed by atoms with Gasteiger partial charge in [0.25, 0.3) is 0 Å². The Morgan fingerprint density at radius 1 is 1.03 bits per heavy atom. The minimum Gasteiger partial charge on any atom is -0.478 e. The van der Waals surface area contributed by atoms with E-state index in [1.165, 1.54) is 16.4 Å². The minimum absolute atomic E-state index is 0.120. The molecule has 0 saturated carbocycles. The summed E-state index contributed by atoms with van der Waals surface area (Å²) in [4.78, 5) is 28.1. The van der Waals surface area contributed by atoms with Crippen molar-refractivity contribution in [3.05, 3.63) is 53.6 Å². The van der Waals surface area contributed by atoms with Crippen LogP contribution in [0.5, 0.6) is 0 Å². The average Bonchev–Trinajstić information content (AvgIpc) is 2.86. The Morgan fingerprint density at radius 2 is 1.69 bits per heavy atom. The van der Waals surface area contributed by atoms with E-state index in [9.17, 15) is 23.1 Å². The number of unbranched alkanes of at least 4 members (excludes halogenated alkanes) is 1. The number of rotatable bonds is 10. The molecule has 0 radical (unpaired) electrons. The Hall–Kier alpha value is -2.95. The molecule has 0 aromatic heterocycles. The predicted molar refractivity (Wildman–Crippen MR) is 134 cm³/mol. The maximum Gasteiger partial charge on any atom is 0.335 e. The van der Waals surface area contributed by atoms with E-state index < -0.39 is 16.0 Å². The number of morpholine rings is 1. The summed E-state index contributed by atoms with van der Waals surface area (Å²) >= 11 is 0. The molecule has 3 rings (SSSR count). The van der Waals surface area contributed by atoms with Crippen molar-refractivity contribution in [1.29, 1.82) is 0 Å². The van der Waals surface area contributed by atoms with Crippen LogP contribution in [0.1, 0.15) is 42.1 Å². The van der Waals surface area contributed by atoms with Gasteiger partial charge >= 0.3 is 5.97 Å². The Bertz CT molecular complexity index is 1140. The normalized spacial score (nSPS) is 14.5. The third-order valence-corrected chi connectivity index (χ3v) is 7.81. The number of sulfonamides is 1. The van der Waals surface area contributed by atoms with E-state index in [4.69, 9.17) is 4.74 Å². The van der Waals surface area contributed by atoms with Crippen LogP contribution in [0.3, 0.4) is 0 Å². The third kappa shape index (κ3) is 6.39. The number of amides is 1. The number of nitrogens with zero attached hydrogens (tertiary/aromatic N) is 3. The molecule has 0 bridgehead atoms. The lowest BCUT2D eigenvalue weighted by molar-refractivity contribution is -0.118. The van der Waals surface area contributed by atoms with Gasteiger partial charge in [-0.05, 0) is 42.3 Å². The third-order valence-electron chi connectivity index (χ3n) is 5.91. The van der Waals surface area contributed by atoms with Crippen LogP contribution >= 0.6 is 0 Å². The highest BCUT2D eigenvalue weighted by atomic mass is 32.2. The monoisotopic (exact) mass is 503 g/mol. The second-order valence-corrected chi connectivity index (χ2v) is 10.6. The first-order valence-electron chi connectivity index (χ1n) is 11.7. The Morgan fingerprint density at radius 3 is 2.26 bits per heavy atom. The molecular formula is C25H33N3O6S. The number of carboxylic acid groups (broad SMARTS) is 1. The van der Waals surface area contributed by atoms with E-state index in [-0.39, 0.29) is 36.0 Å². The topological polar surface area (TPSA) is 107 Å². The van der Waals surface area contributed by atoms with Crippen molar-refractivity contribution in [2.75, 3.05) is 50.2 Å². The van der Waals surface area contributed by atoms with Gasteiger partial charge in [0.1, 0.15) is 0 Å². The van der Waals surface area contributed by atoms with Gasteiger partial charge in [-0.25, -0.2) is 13.2 Å². The zero-order valence-corrected chi connectivity index (χ0v) is 21.3. The molecule has 1 aliphatic heterocycles. The summed E-state index contributed by atoms with van der Waals surface area (Å²) in [6, 6.07) is 11.2. The summed E-state index contributed by atoms with van der Waals surface area (Å²) in [6.07, 6.45) is 1.87. The predicted octanol–water partition coefficient (Wildman–Crippen LogP) is 3.20. The first-order valence-corrected chi connectivity index (χ1v) is 13.1. The number of carbonyl (C=O) groups excluding carboxylic acids is 1. The standard InChI is InChI=1S/C25H33N3O6S/c1-4-5-6-24(29)28(18-19-7-9-20(10-8-19)25(30)31)23-17-21(11-12-22(23)26(2)3)35(32,33)27-13-15-34-16-14-27/h7-12,17H,4-6,13-16,18H2,1-3H3,(H,30,31). The van der Waals surface area contributed by atoms with Gasteiger partial charge in [0, 0.05) is 33.6 Å². The highest BCUT2D eigenvalue weighted by molar-refractivity contribution is 7.89. The fourth-order valence-electron chi connectivity index (χ4n) is 3.90. The van der Waals surface area contributed by atoms with Gasteiger partial charge in [-0.15, -0.1) is 0 Å². The number of carbonyl (C=O) groups is 2. The second-order valence-electron chi connectivity index (χ2n) is 8.65. The summed E-state index contributed by atoms with van der Waals surface area (Å²) in [5, 5.41) is 9.19. The molecule has 1 amide bonds. The molecule has 1 N–H and O–H groups in total. The molecular weight excluding hydrogens is 470 g/mol. The molecule has 0 atom stereocenters. The highest BCUT2D eigenvalue weighted by Crippen LogP contribution is 2.34. The van der Waals surface area contributed by atoms with Crippen molar-refractivity contribution >= 4 is 33.3 Å². The molecule has 0 aliphatic carbocycles. The van der Waals surface area contributed by atoms with Gasteiger partial charge in [0.05, 0.1) is 41.6 Å². The maximum absolute atomic E-state index is 13.4. The van der Waals surface area contributed by atoms with Gasteiger partial charge in [0.15, 0.2) is 0 Å². The molecule has 35 heavy (non-hydrogen) atoms. The van der Waals surface area contributed by atoms with Gasteiger partial charge in [-0.1, -0.05) is 25.5 Å². The van der Waals surface area contributed by atoms with E-state index in [0.29, 0.717) is 37.4 Å². The van der Waals surface area contributed by atoms with Crippen LogP contribution in [-0.4, -0.2) is 70.1 Å². The number of aromatic carboxylic acids is 1. The molecule has 2 aromatic rings. The van der Waals surface area contributed by atoms with Crippen LogP contribution in [-0.2, 0) is 26.1 Å². The Balaban J connectivity index is 2.06. The fourth-order valence-corrected chi connectivity index (χ4v) is 5.33. The SMILES string of the molecule is CCCCC(=O)N(Cc1ccc(C(=O)O)cc1)c1cc(S(=O)(=O)N2CCOCC2)ccc1N(C)C. The lowest BCUT2D eigenvalue weighted by Crippen LogP contribution is -2.40. The molecule has 0 spiro atoms. The molecule has 0 unspecified atom stereocenters. The molecule has 1 fully saturated rings.